The highest BCUT2D eigenvalue weighted by atomic mass is 16.7. The summed E-state index contributed by atoms with van der Waals surface area (Å²) >= 11 is 0. The van der Waals surface area contributed by atoms with Crippen LogP contribution in [0.4, 0.5) is 0 Å². The van der Waals surface area contributed by atoms with Crippen molar-refractivity contribution in [1.29, 1.82) is 0 Å². The summed E-state index contributed by atoms with van der Waals surface area (Å²) in [4.78, 5) is 2.25. The minimum Gasteiger partial charge on any atom is -0.390 e. The van der Waals surface area contributed by atoms with Crippen molar-refractivity contribution in [2.24, 2.45) is 40.9 Å². The lowest BCUT2D eigenvalue weighted by atomic mass is 9.48. The minimum absolute atomic E-state index is 0.174. The molecule has 0 amide bonds. The Morgan fingerprint density at radius 3 is 2.22 bits per heavy atom. The number of ether oxygens (including phenoxy) is 1. The summed E-state index contributed by atoms with van der Waals surface area (Å²) in [5.41, 5.74) is -5.58. The Morgan fingerprint density at radius 1 is 0.838 bits per heavy atom. The number of nitrogens with zero attached hydrogens (tertiary/aromatic N) is 1. The Hall–Kier alpha value is -0.400. The van der Waals surface area contributed by atoms with Crippen molar-refractivity contribution in [1.82, 2.24) is 4.90 Å². The van der Waals surface area contributed by atoms with E-state index in [-0.39, 0.29) is 18.9 Å². The van der Waals surface area contributed by atoms with Crippen molar-refractivity contribution in [2.45, 2.75) is 112 Å². The van der Waals surface area contributed by atoms with E-state index in [0.29, 0.717) is 18.9 Å². The Balaban J connectivity index is 1.39. The lowest BCUT2D eigenvalue weighted by Gasteiger charge is -2.63. The van der Waals surface area contributed by atoms with Crippen molar-refractivity contribution in [3.8, 4) is 0 Å². The predicted molar refractivity (Wildman–Crippen MR) is 128 cm³/mol. The molecule has 8 unspecified atom stereocenters. The van der Waals surface area contributed by atoms with Gasteiger partial charge in [-0.3, -0.25) is 4.90 Å². The van der Waals surface area contributed by atoms with Crippen molar-refractivity contribution in [2.75, 3.05) is 13.1 Å². The molecule has 0 aromatic rings. The van der Waals surface area contributed by atoms with Gasteiger partial charge in [0, 0.05) is 36.4 Å². The van der Waals surface area contributed by atoms with Gasteiger partial charge < -0.3 is 45.6 Å². The lowest BCUT2D eigenvalue weighted by Crippen LogP contribution is -2.77. The summed E-state index contributed by atoms with van der Waals surface area (Å²) in [5.74, 6) is -5.64. The Labute approximate surface area is 216 Å². The van der Waals surface area contributed by atoms with Crippen LogP contribution < -0.4 is 0 Å². The van der Waals surface area contributed by atoms with E-state index in [9.17, 15) is 40.9 Å². The fourth-order valence-corrected chi connectivity index (χ4v) is 11.4. The molecule has 1 spiro atoms. The molecule has 0 aromatic heterocycles. The summed E-state index contributed by atoms with van der Waals surface area (Å²) in [6, 6.07) is -0.174. The molecule has 10 nitrogen and oxygen atoms in total. The molecule has 210 valence electrons. The van der Waals surface area contributed by atoms with Crippen molar-refractivity contribution in [3.05, 3.63) is 0 Å². The van der Waals surface area contributed by atoms with Crippen LogP contribution in [0.3, 0.4) is 0 Å². The van der Waals surface area contributed by atoms with Gasteiger partial charge in [0.1, 0.15) is 17.8 Å². The normalized spacial score (nSPS) is 68.5. The van der Waals surface area contributed by atoms with Crippen LogP contribution in [0.25, 0.3) is 0 Å². The summed E-state index contributed by atoms with van der Waals surface area (Å²) < 4.78 is 6.42. The van der Waals surface area contributed by atoms with Gasteiger partial charge in [0.2, 0.25) is 0 Å². The second-order valence-corrected chi connectivity index (χ2v) is 14.4. The smallest absolute Gasteiger partial charge is 0.198 e. The van der Waals surface area contributed by atoms with Crippen LogP contribution in [0.2, 0.25) is 0 Å². The number of hydrogen-bond acceptors (Lipinski definition) is 10. The summed E-state index contributed by atoms with van der Waals surface area (Å²) in [5, 5.41) is 92.8. The largest absolute Gasteiger partial charge is 0.390 e. The van der Waals surface area contributed by atoms with E-state index in [4.69, 9.17) is 4.74 Å². The summed E-state index contributed by atoms with van der Waals surface area (Å²) in [7, 11) is 0. The lowest BCUT2D eigenvalue weighted by molar-refractivity contribution is -0.296. The van der Waals surface area contributed by atoms with Gasteiger partial charge in [-0.25, -0.2) is 0 Å². The third-order valence-corrected chi connectivity index (χ3v) is 12.9. The first-order chi connectivity index (χ1) is 17.2. The standard InChI is InChI=1S/C27H43NO9/c1-11-4-5-14-24(3,34)16-12(10-28(14)9-11)13-8-25-21(26(13,35)22(33)17(16)30)19(32)18(31)20-23(25,2)7-6-15(29)27(20,36)37-25/h11-22,29-36H,4-10H2,1-3H3/t11-,12?,13?,14-,15-,16?,17+,18?,19?,20?,21?,22-,23-,24?,25+,26-,27+/m0/s1. The Kier molecular flexibility index (Phi) is 5.02. The zero-order valence-corrected chi connectivity index (χ0v) is 21.8. The fourth-order valence-electron chi connectivity index (χ4n) is 11.4. The monoisotopic (exact) mass is 525 g/mol. The first-order valence-corrected chi connectivity index (χ1v) is 14.2. The van der Waals surface area contributed by atoms with E-state index < -0.39 is 88.1 Å². The van der Waals surface area contributed by atoms with E-state index in [1.54, 1.807) is 6.92 Å². The topological polar surface area (TPSA) is 174 Å². The van der Waals surface area contributed by atoms with Gasteiger partial charge in [0.15, 0.2) is 5.79 Å². The van der Waals surface area contributed by atoms with Gasteiger partial charge in [-0.1, -0.05) is 13.8 Å². The van der Waals surface area contributed by atoms with E-state index in [1.807, 2.05) is 6.92 Å². The average Bonchev–Trinajstić information content (AvgIpc) is 3.13. The van der Waals surface area contributed by atoms with Crippen LogP contribution in [0.5, 0.6) is 0 Å². The maximum atomic E-state index is 12.5. The molecule has 3 aliphatic heterocycles. The van der Waals surface area contributed by atoms with Gasteiger partial charge in [0.05, 0.1) is 35.4 Å². The molecule has 4 saturated carbocycles. The first kappa shape index (κ1) is 25.6. The molecule has 8 N–H and O–H groups in total. The predicted octanol–water partition coefficient (Wildman–Crippen LogP) is -1.84. The molecule has 3 saturated heterocycles. The van der Waals surface area contributed by atoms with E-state index >= 15 is 0 Å². The minimum atomic E-state index is -2.10. The fraction of sp³-hybridized carbons (Fsp3) is 1.00. The molecule has 7 aliphatic rings. The van der Waals surface area contributed by atoms with Crippen LogP contribution in [-0.4, -0.2) is 118 Å². The molecule has 4 bridgehead atoms. The molecule has 17 atom stereocenters. The highest BCUT2D eigenvalue weighted by Crippen LogP contribution is 2.76. The van der Waals surface area contributed by atoms with Gasteiger partial charge in [-0.15, -0.1) is 0 Å². The van der Waals surface area contributed by atoms with Gasteiger partial charge in [-0.05, 0) is 56.8 Å². The zero-order chi connectivity index (χ0) is 26.7. The SMILES string of the molecule is C[C@H]1CC[C@@H]2N(CC3C([C@@H](O)[C@H](O)[C@]4(O)C3C[C@@]35O[C@@]6(O)C(C(O)C(O)C43)[C@]5(C)CC[C@@H]6O)C2(C)O)C1. The molecule has 3 heterocycles. The molecule has 7 fully saturated rings. The zero-order valence-electron chi connectivity index (χ0n) is 21.8. The van der Waals surface area contributed by atoms with Crippen molar-refractivity contribution < 1.29 is 45.6 Å². The number of piperidine rings is 2. The number of hydrogen-bond donors (Lipinski definition) is 8. The Bertz CT molecular complexity index is 997. The average molecular weight is 526 g/mol. The summed E-state index contributed by atoms with van der Waals surface area (Å²) in [6.07, 6.45) is -4.91. The van der Waals surface area contributed by atoms with Gasteiger partial charge >= 0.3 is 0 Å². The van der Waals surface area contributed by atoms with E-state index in [2.05, 4.69) is 11.8 Å². The second-order valence-electron chi connectivity index (χ2n) is 14.4. The number of aliphatic hydroxyl groups is 8. The number of aliphatic hydroxyl groups excluding tert-OH is 5. The van der Waals surface area contributed by atoms with Crippen LogP contribution in [-0.2, 0) is 4.74 Å². The molecular formula is C27H43NO9. The first-order valence-electron chi connectivity index (χ1n) is 14.2. The van der Waals surface area contributed by atoms with Gasteiger partial charge in [0.25, 0.3) is 0 Å². The molecular weight excluding hydrogens is 482 g/mol. The number of rotatable bonds is 0. The highest BCUT2D eigenvalue weighted by Gasteiger charge is 2.88. The summed E-state index contributed by atoms with van der Waals surface area (Å²) in [6.45, 7) is 7.08. The molecule has 37 heavy (non-hydrogen) atoms. The maximum absolute atomic E-state index is 12.5. The number of fused-ring (bicyclic) bond motifs is 5. The van der Waals surface area contributed by atoms with Crippen molar-refractivity contribution in [3.63, 3.8) is 0 Å². The third kappa shape index (κ3) is 2.59. The maximum Gasteiger partial charge on any atom is 0.198 e. The van der Waals surface area contributed by atoms with Crippen LogP contribution in [0, 0.1) is 40.9 Å². The van der Waals surface area contributed by atoms with E-state index in [1.165, 1.54) is 0 Å². The van der Waals surface area contributed by atoms with Crippen LogP contribution in [0.15, 0.2) is 0 Å². The molecule has 0 radical (unpaired) electrons. The molecule has 4 aliphatic carbocycles. The third-order valence-electron chi connectivity index (χ3n) is 12.9. The molecule has 7 rings (SSSR count). The molecule has 10 heteroatoms. The van der Waals surface area contributed by atoms with E-state index in [0.717, 1.165) is 19.4 Å². The second kappa shape index (κ2) is 7.26. The highest BCUT2D eigenvalue weighted by molar-refractivity contribution is 5.34. The quantitative estimate of drug-likeness (QED) is 0.179. The van der Waals surface area contributed by atoms with Crippen LogP contribution >= 0.6 is 0 Å². The van der Waals surface area contributed by atoms with Gasteiger partial charge in [-0.2, -0.15) is 0 Å². The molecule has 0 aromatic carbocycles. The Morgan fingerprint density at radius 2 is 1.51 bits per heavy atom. The van der Waals surface area contributed by atoms with Crippen LogP contribution in [0.1, 0.15) is 52.9 Å². The van der Waals surface area contributed by atoms with Crippen molar-refractivity contribution >= 4 is 0 Å².